The fourth-order valence-electron chi connectivity index (χ4n) is 0.869. The third-order valence-electron chi connectivity index (χ3n) is 1.56. The summed E-state index contributed by atoms with van der Waals surface area (Å²) in [4.78, 5) is 15.2. The van der Waals surface area contributed by atoms with E-state index in [9.17, 15) is 4.79 Å². The minimum atomic E-state index is -1.14. The van der Waals surface area contributed by atoms with Crippen molar-refractivity contribution >= 4 is 6.09 Å². The lowest BCUT2D eigenvalue weighted by Gasteiger charge is -2.13. The van der Waals surface area contributed by atoms with Crippen LogP contribution in [0.15, 0.2) is 12.3 Å². The molecule has 0 aromatic carbocycles. The zero-order valence-electron chi connectivity index (χ0n) is 7.47. The number of hydrogen-bond donors (Lipinski definition) is 1. The molecule has 5 nitrogen and oxygen atoms in total. The van der Waals surface area contributed by atoms with E-state index in [1.807, 2.05) is 0 Å². The summed E-state index contributed by atoms with van der Waals surface area (Å²) in [5, 5.41) is 9.23. The Morgan fingerprint density at radius 1 is 1.77 bits per heavy atom. The molecule has 1 aliphatic rings. The van der Waals surface area contributed by atoms with Crippen molar-refractivity contribution in [3.8, 4) is 0 Å². The highest BCUT2D eigenvalue weighted by molar-refractivity contribution is 5.65. The summed E-state index contributed by atoms with van der Waals surface area (Å²) in [5.41, 5.74) is 0. The molecule has 1 atom stereocenters. The van der Waals surface area contributed by atoms with Gasteiger partial charge in [0.25, 0.3) is 0 Å². The van der Waals surface area contributed by atoms with Gasteiger partial charge in [0.2, 0.25) is 6.29 Å². The minimum absolute atomic E-state index is 0.553. The number of hydroxylamine groups is 2. The Morgan fingerprint density at radius 2 is 2.54 bits per heavy atom. The van der Waals surface area contributed by atoms with Crippen LogP contribution >= 0.6 is 0 Å². The summed E-state index contributed by atoms with van der Waals surface area (Å²) in [7, 11) is 0. The molecule has 1 amide bonds. The number of amides is 1. The van der Waals surface area contributed by atoms with Crippen LogP contribution in [0.5, 0.6) is 0 Å². The largest absolute Gasteiger partial charge is 0.463 e. The molecule has 0 aromatic heterocycles. The third kappa shape index (κ3) is 3.04. The predicted molar refractivity (Wildman–Crippen MR) is 44.7 cm³/mol. The zero-order valence-corrected chi connectivity index (χ0v) is 7.47. The molecule has 1 unspecified atom stereocenters. The van der Waals surface area contributed by atoms with Gasteiger partial charge in [0.15, 0.2) is 0 Å². The molecule has 74 valence electrons. The van der Waals surface area contributed by atoms with Crippen LogP contribution in [0.1, 0.15) is 19.8 Å². The normalized spacial score (nSPS) is 21.0. The summed E-state index contributed by atoms with van der Waals surface area (Å²) in [6, 6.07) is 0. The van der Waals surface area contributed by atoms with Crippen molar-refractivity contribution in [2.24, 2.45) is 0 Å². The molecule has 0 aromatic rings. The van der Waals surface area contributed by atoms with Crippen molar-refractivity contribution in [2.45, 2.75) is 26.1 Å². The van der Waals surface area contributed by atoms with E-state index in [4.69, 9.17) is 14.7 Å². The minimum Gasteiger partial charge on any atom is -0.463 e. The lowest BCUT2D eigenvalue weighted by atomic mass is 10.4. The fourth-order valence-corrected chi connectivity index (χ4v) is 0.869. The lowest BCUT2D eigenvalue weighted by molar-refractivity contribution is -0.202. The second kappa shape index (κ2) is 4.84. The molecule has 1 rings (SSSR count). The highest BCUT2D eigenvalue weighted by Gasteiger charge is 2.21. The van der Waals surface area contributed by atoms with Gasteiger partial charge in [0, 0.05) is 6.20 Å². The molecule has 0 saturated carbocycles. The van der Waals surface area contributed by atoms with Crippen LogP contribution in [0, 0.1) is 0 Å². The second-order valence-electron chi connectivity index (χ2n) is 2.65. The van der Waals surface area contributed by atoms with Gasteiger partial charge in [0.05, 0.1) is 6.61 Å². The van der Waals surface area contributed by atoms with Crippen LogP contribution in [0.3, 0.4) is 0 Å². The van der Waals surface area contributed by atoms with Gasteiger partial charge in [-0.3, -0.25) is 0 Å². The zero-order chi connectivity index (χ0) is 9.68. The Balaban J connectivity index is 2.19. The number of hydrogen-bond acceptors (Lipinski definition) is 3. The van der Waals surface area contributed by atoms with Crippen molar-refractivity contribution in [3.63, 3.8) is 0 Å². The van der Waals surface area contributed by atoms with Crippen LogP contribution in [0.2, 0.25) is 0 Å². The summed E-state index contributed by atoms with van der Waals surface area (Å²) in [5.74, 6) is 0. The highest BCUT2D eigenvalue weighted by Crippen LogP contribution is 2.11. The molecular weight excluding hydrogens is 174 g/mol. The Hall–Kier alpha value is -1.07. The highest BCUT2D eigenvalue weighted by atomic mass is 16.8. The van der Waals surface area contributed by atoms with E-state index < -0.39 is 12.4 Å². The Morgan fingerprint density at radius 3 is 3.08 bits per heavy atom. The summed E-state index contributed by atoms with van der Waals surface area (Å²) in [6.45, 7) is 2.64. The molecule has 0 spiro atoms. The first-order valence-electron chi connectivity index (χ1n) is 4.23. The molecule has 1 aliphatic heterocycles. The van der Waals surface area contributed by atoms with Gasteiger partial charge in [-0.15, -0.1) is 0 Å². The number of carboxylic acid groups (broad SMARTS) is 1. The molecule has 5 heteroatoms. The van der Waals surface area contributed by atoms with Gasteiger partial charge >= 0.3 is 6.09 Å². The second-order valence-corrected chi connectivity index (χ2v) is 2.65. The maximum atomic E-state index is 10.4. The molecule has 13 heavy (non-hydrogen) atoms. The maximum Gasteiger partial charge on any atom is 0.435 e. The van der Waals surface area contributed by atoms with E-state index in [-0.39, 0.29) is 0 Å². The smallest absolute Gasteiger partial charge is 0.435 e. The molecule has 1 heterocycles. The molecule has 1 N–H and O–H groups in total. The first-order valence-corrected chi connectivity index (χ1v) is 4.23. The van der Waals surface area contributed by atoms with Crippen LogP contribution in [-0.4, -0.2) is 29.2 Å². The molecule has 0 saturated heterocycles. The average Bonchev–Trinajstić information content (AvgIpc) is 2.53. The van der Waals surface area contributed by atoms with Crippen LogP contribution < -0.4 is 0 Å². The van der Waals surface area contributed by atoms with E-state index in [1.165, 1.54) is 6.20 Å². The van der Waals surface area contributed by atoms with Crippen LogP contribution in [-0.2, 0) is 9.57 Å². The first-order chi connectivity index (χ1) is 6.24. The average molecular weight is 187 g/mol. The summed E-state index contributed by atoms with van der Waals surface area (Å²) >= 11 is 0. The quantitative estimate of drug-likeness (QED) is 0.678. The van der Waals surface area contributed by atoms with Gasteiger partial charge < -0.3 is 9.84 Å². The molecule has 0 fully saturated rings. The molecular formula is C8H13NO4. The maximum absolute atomic E-state index is 10.4. The third-order valence-corrected chi connectivity index (χ3v) is 1.56. The van der Waals surface area contributed by atoms with Crippen molar-refractivity contribution in [1.29, 1.82) is 0 Å². The van der Waals surface area contributed by atoms with Crippen molar-refractivity contribution in [1.82, 2.24) is 5.06 Å². The van der Waals surface area contributed by atoms with Crippen LogP contribution in [0.25, 0.3) is 0 Å². The molecule has 0 bridgehead atoms. The Bertz CT molecular complexity index is 204. The van der Waals surface area contributed by atoms with E-state index in [1.54, 1.807) is 6.08 Å². The van der Waals surface area contributed by atoms with E-state index >= 15 is 0 Å². The number of carbonyl (C=O) groups is 1. The van der Waals surface area contributed by atoms with Gasteiger partial charge in [0.1, 0.15) is 0 Å². The standard InChI is InChI=1S/C8H13NO4/c1-2-3-6-12-7-4-5-9(13-7)8(10)11/h4-5,7H,2-3,6H2,1H3,(H,10,11). The van der Waals surface area contributed by atoms with Gasteiger partial charge in [-0.25, -0.2) is 9.63 Å². The van der Waals surface area contributed by atoms with E-state index in [0.29, 0.717) is 6.61 Å². The van der Waals surface area contributed by atoms with E-state index in [2.05, 4.69) is 6.92 Å². The van der Waals surface area contributed by atoms with Crippen molar-refractivity contribution in [2.75, 3.05) is 6.61 Å². The Kier molecular flexibility index (Phi) is 3.72. The van der Waals surface area contributed by atoms with E-state index in [0.717, 1.165) is 17.9 Å². The predicted octanol–water partition coefficient (Wildman–Crippen LogP) is 1.57. The number of nitrogens with zero attached hydrogens (tertiary/aromatic N) is 1. The van der Waals surface area contributed by atoms with Crippen LogP contribution in [0.4, 0.5) is 4.79 Å². The topological polar surface area (TPSA) is 59.0 Å². The molecule has 0 aliphatic carbocycles. The Labute approximate surface area is 76.5 Å². The van der Waals surface area contributed by atoms with Crippen molar-refractivity contribution < 1.29 is 19.5 Å². The summed E-state index contributed by atoms with van der Waals surface area (Å²) in [6.07, 6.45) is 3.18. The number of rotatable bonds is 4. The van der Waals surface area contributed by atoms with Gasteiger partial charge in [-0.05, 0) is 12.5 Å². The molecule has 0 radical (unpaired) electrons. The monoisotopic (exact) mass is 187 g/mol. The van der Waals surface area contributed by atoms with Gasteiger partial charge in [-0.1, -0.05) is 13.3 Å². The fraction of sp³-hybridized carbons (Fsp3) is 0.625. The lowest BCUT2D eigenvalue weighted by Crippen LogP contribution is -2.24. The van der Waals surface area contributed by atoms with Gasteiger partial charge in [-0.2, -0.15) is 5.06 Å². The first kappa shape index (κ1) is 10.0. The SMILES string of the molecule is CCCCOC1C=CN(C(=O)O)O1. The number of ether oxygens (including phenoxy) is 1. The number of unbranched alkanes of at least 4 members (excludes halogenated alkanes) is 1. The summed E-state index contributed by atoms with van der Waals surface area (Å²) < 4.78 is 5.21. The van der Waals surface area contributed by atoms with Crippen molar-refractivity contribution in [3.05, 3.63) is 12.3 Å².